The molecule has 2 aromatic carbocycles. The van der Waals surface area contributed by atoms with Crippen LogP contribution in [0.5, 0.6) is 0 Å². The molecule has 1 heterocycles. The molecule has 1 N–H and O–H groups in total. The molecule has 3 rings (SSSR count). The number of hydrogen-bond donors (Lipinski definition) is 1. The van der Waals surface area contributed by atoms with Gasteiger partial charge in [0.15, 0.2) is 0 Å². The van der Waals surface area contributed by atoms with Crippen molar-refractivity contribution in [2.75, 3.05) is 4.90 Å². The Morgan fingerprint density at radius 3 is 2.24 bits per heavy atom. The number of carbonyl (C=O) groups is 2. The molecule has 0 spiro atoms. The monoisotopic (exact) mass is 364 g/mol. The first-order valence-electron chi connectivity index (χ1n) is 6.21. The van der Waals surface area contributed by atoms with Crippen LogP contribution in [0.4, 0.5) is 10.5 Å². The van der Waals surface area contributed by atoms with Gasteiger partial charge in [0, 0.05) is 15.2 Å². The molecule has 1 aliphatic heterocycles. The molecule has 1 fully saturated rings. The fraction of sp³-hybridized carbons (Fsp3) is 0.0667. The lowest BCUT2D eigenvalue weighted by Crippen LogP contribution is -2.29. The number of halogens is 2. The van der Waals surface area contributed by atoms with Gasteiger partial charge in [-0.25, -0.2) is 4.79 Å². The number of benzene rings is 2. The van der Waals surface area contributed by atoms with Crippen LogP contribution < -0.4 is 10.2 Å². The van der Waals surface area contributed by atoms with E-state index in [1.54, 1.807) is 24.3 Å². The van der Waals surface area contributed by atoms with E-state index in [-0.39, 0.29) is 5.91 Å². The summed E-state index contributed by atoms with van der Waals surface area (Å²) in [6, 6.07) is 13.0. The van der Waals surface area contributed by atoms with Crippen molar-refractivity contribution in [3.8, 4) is 0 Å². The van der Waals surface area contributed by atoms with Crippen LogP contribution in [0, 0.1) is 0 Å². The Morgan fingerprint density at radius 1 is 1.00 bits per heavy atom. The van der Waals surface area contributed by atoms with Gasteiger partial charge in [-0.3, -0.25) is 15.0 Å². The number of amides is 3. The number of hydrogen-bond acceptors (Lipinski definition) is 2. The molecule has 0 aromatic heterocycles. The van der Waals surface area contributed by atoms with E-state index in [1.165, 1.54) is 4.90 Å². The van der Waals surface area contributed by atoms with Crippen LogP contribution >= 0.6 is 27.5 Å². The molecule has 2 aromatic rings. The smallest absolute Gasteiger partial charge is 0.277 e. The topological polar surface area (TPSA) is 49.4 Å². The Bertz CT molecular complexity index is 639. The van der Waals surface area contributed by atoms with Gasteiger partial charge in [-0.15, -0.1) is 0 Å². The zero-order chi connectivity index (χ0) is 15.0. The third-order valence-electron chi connectivity index (χ3n) is 3.25. The van der Waals surface area contributed by atoms with Crippen LogP contribution in [0.1, 0.15) is 11.6 Å². The molecule has 1 aliphatic rings. The van der Waals surface area contributed by atoms with Crippen LogP contribution in [0.25, 0.3) is 0 Å². The van der Waals surface area contributed by atoms with Gasteiger partial charge in [-0.2, -0.15) is 0 Å². The molecule has 1 unspecified atom stereocenters. The number of carbonyl (C=O) groups excluding carboxylic acids is 2. The fourth-order valence-electron chi connectivity index (χ4n) is 2.28. The van der Waals surface area contributed by atoms with Crippen LogP contribution in [-0.4, -0.2) is 11.9 Å². The number of anilines is 1. The zero-order valence-electron chi connectivity index (χ0n) is 10.7. The Labute approximate surface area is 134 Å². The second kappa shape index (κ2) is 5.50. The standard InChI is InChI=1S/C15H10BrClN2O2/c16-10-3-1-9(2-4-10)13-14(20)18-15(21)19(13)12-7-5-11(17)6-8-12/h1-8,13H,(H,18,20,21). The maximum atomic E-state index is 12.1. The minimum Gasteiger partial charge on any atom is -0.277 e. The number of nitrogens with one attached hydrogen (secondary N) is 1. The maximum absolute atomic E-state index is 12.1. The van der Waals surface area contributed by atoms with E-state index in [4.69, 9.17) is 11.6 Å². The predicted octanol–water partition coefficient (Wildman–Crippen LogP) is 3.90. The Morgan fingerprint density at radius 2 is 1.62 bits per heavy atom. The molecule has 0 aliphatic carbocycles. The lowest BCUT2D eigenvalue weighted by atomic mass is 10.1. The molecule has 0 bridgehead atoms. The van der Waals surface area contributed by atoms with Crippen molar-refractivity contribution < 1.29 is 9.59 Å². The van der Waals surface area contributed by atoms with Crippen molar-refractivity contribution in [2.24, 2.45) is 0 Å². The number of nitrogens with zero attached hydrogens (tertiary/aromatic N) is 1. The lowest BCUT2D eigenvalue weighted by molar-refractivity contribution is -0.119. The predicted molar refractivity (Wildman–Crippen MR) is 84.4 cm³/mol. The van der Waals surface area contributed by atoms with Gasteiger partial charge in [0.25, 0.3) is 5.91 Å². The summed E-state index contributed by atoms with van der Waals surface area (Å²) in [5.74, 6) is -0.336. The Balaban J connectivity index is 2.03. The van der Waals surface area contributed by atoms with Crippen LogP contribution in [0.15, 0.2) is 53.0 Å². The van der Waals surface area contributed by atoms with Crippen molar-refractivity contribution in [2.45, 2.75) is 6.04 Å². The number of imide groups is 1. The summed E-state index contributed by atoms with van der Waals surface area (Å²) in [4.78, 5) is 25.6. The molecule has 21 heavy (non-hydrogen) atoms. The van der Waals surface area contributed by atoms with Crippen molar-refractivity contribution >= 4 is 45.2 Å². The lowest BCUT2D eigenvalue weighted by Gasteiger charge is -2.22. The second-order valence-electron chi connectivity index (χ2n) is 4.59. The van der Waals surface area contributed by atoms with Gasteiger partial charge in [0.1, 0.15) is 6.04 Å². The average molecular weight is 366 g/mol. The Hall–Kier alpha value is -1.85. The SMILES string of the molecule is O=C1NC(=O)N(c2ccc(Cl)cc2)C1c1ccc(Br)cc1. The zero-order valence-corrected chi connectivity index (χ0v) is 13.1. The molecule has 1 atom stereocenters. The minimum absolute atomic E-state index is 0.336. The van der Waals surface area contributed by atoms with Crippen LogP contribution in [0.3, 0.4) is 0 Å². The van der Waals surface area contributed by atoms with Crippen LogP contribution in [0.2, 0.25) is 5.02 Å². The largest absolute Gasteiger partial charge is 0.329 e. The van der Waals surface area contributed by atoms with Gasteiger partial charge in [-0.1, -0.05) is 39.7 Å². The quantitative estimate of drug-likeness (QED) is 0.821. The highest BCUT2D eigenvalue weighted by Gasteiger charge is 2.40. The molecule has 106 valence electrons. The van der Waals surface area contributed by atoms with Crippen molar-refractivity contribution in [3.05, 3.63) is 63.6 Å². The van der Waals surface area contributed by atoms with Crippen molar-refractivity contribution in [1.82, 2.24) is 5.32 Å². The number of rotatable bonds is 2. The van der Waals surface area contributed by atoms with E-state index in [1.807, 2.05) is 24.3 Å². The van der Waals surface area contributed by atoms with Gasteiger partial charge < -0.3 is 0 Å². The highest BCUT2D eigenvalue weighted by Crippen LogP contribution is 2.32. The first kappa shape index (κ1) is 14.1. The Kier molecular flexibility index (Phi) is 3.69. The molecule has 3 amide bonds. The molecular weight excluding hydrogens is 356 g/mol. The number of urea groups is 1. The van der Waals surface area contributed by atoms with Gasteiger partial charge >= 0.3 is 6.03 Å². The summed E-state index contributed by atoms with van der Waals surface area (Å²) in [6.07, 6.45) is 0. The van der Waals surface area contributed by atoms with Crippen molar-refractivity contribution in [3.63, 3.8) is 0 Å². The molecule has 1 saturated heterocycles. The van der Waals surface area contributed by atoms with Gasteiger partial charge in [0.2, 0.25) is 0 Å². The summed E-state index contributed by atoms with van der Waals surface area (Å²) in [5, 5.41) is 2.92. The minimum atomic E-state index is -0.674. The summed E-state index contributed by atoms with van der Waals surface area (Å²) < 4.78 is 0.911. The average Bonchev–Trinajstić information content (AvgIpc) is 2.75. The van der Waals surface area contributed by atoms with E-state index in [2.05, 4.69) is 21.2 Å². The third-order valence-corrected chi connectivity index (χ3v) is 4.03. The molecule has 6 heteroatoms. The third kappa shape index (κ3) is 2.66. The van der Waals surface area contributed by atoms with E-state index >= 15 is 0 Å². The summed E-state index contributed by atoms with van der Waals surface area (Å²) in [7, 11) is 0. The highest BCUT2D eigenvalue weighted by molar-refractivity contribution is 9.10. The second-order valence-corrected chi connectivity index (χ2v) is 5.95. The fourth-order valence-corrected chi connectivity index (χ4v) is 2.67. The van der Waals surface area contributed by atoms with E-state index in [9.17, 15) is 9.59 Å². The van der Waals surface area contributed by atoms with Crippen molar-refractivity contribution in [1.29, 1.82) is 0 Å². The maximum Gasteiger partial charge on any atom is 0.329 e. The molecular formula is C15H10BrClN2O2. The molecule has 4 nitrogen and oxygen atoms in total. The van der Waals surface area contributed by atoms with E-state index in [0.717, 1.165) is 10.0 Å². The summed E-state index contributed by atoms with van der Waals surface area (Å²) in [5.41, 5.74) is 1.37. The van der Waals surface area contributed by atoms with E-state index < -0.39 is 12.1 Å². The molecule has 0 radical (unpaired) electrons. The van der Waals surface area contributed by atoms with Gasteiger partial charge in [-0.05, 0) is 42.0 Å². The van der Waals surface area contributed by atoms with Gasteiger partial charge in [0.05, 0.1) is 0 Å². The van der Waals surface area contributed by atoms with E-state index in [0.29, 0.717) is 10.7 Å². The highest BCUT2D eigenvalue weighted by atomic mass is 79.9. The van der Waals surface area contributed by atoms with Crippen LogP contribution in [-0.2, 0) is 4.79 Å². The summed E-state index contributed by atoms with van der Waals surface area (Å²) >= 11 is 9.22. The first-order valence-corrected chi connectivity index (χ1v) is 7.38. The normalized spacial score (nSPS) is 18.0. The summed E-state index contributed by atoms with van der Waals surface area (Å²) in [6.45, 7) is 0. The molecule has 0 saturated carbocycles. The first-order chi connectivity index (χ1) is 10.1.